The third-order valence-corrected chi connectivity index (χ3v) is 4.95. The number of rotatable bonds is 4. The highest BCUT2D eigenvalue weighted by atomic mass is 32.2. The van der Waals surface area contributed by atoms with Gasteiger partial charge in [0.1, 0.15) is 23.5 Å². The van der Waals surface area contributed by atoms with E-state index in [2.05, 4.69) is 11.2 Å². The lowest BCUT2D eigenvalue weighted by atomic mass is 10.2. The third kappa shape index (κ3) is 5.34. The van der Waals surface area contributed by atoms with Crippen LogP contribution in [0.1, 0.15) is 11.1 Å². The van der Waals surface area contributed by atoms with E-state index in [0.717, 1.165) is 22.6 Å². The summed E-state index contributed by atoms with van der Waals surface area (Å²) in [6, 6.07) is 26.9. The Morgan fingerprint density at radius 1 is 0.800 bits per heavy atom. The lowest BCUT2D eigenvalue weighted by Gasteiger charge is -2.06. The van der Waals surface area contributed by atoms with Crippen LogP contribution in [-0.2, 0) is 19.9 Å². The summed E-state index contributed by atoms with van der Waals surface area (Å²) < 4.78 is 18.5. The minimum atomic E-state index is -2.26. The van der Waals surface area contributed by atoms with Crippen LogP contribution in [0.15, 0.2) is 84.9 Å². The predicted octanol–water partition coefficient (Wildman–Crippen LogP) is 5.12. The van der Waals surface area contributed by atoms with Crippen molar-refractivity contribution in [2.24, 2.45) is 0 Å². The van der Waals surface area contributed by atoms with Crippen LogP contribution in [0.5, 0.6) is 11.5 Å². The van der Waals surface area contributed by atoms with Crippen molar-refractivity contribution in [1.29, 1.82) is 0 Å². The molecule has 0 bridgehead atoms. The molecule has 0 saturated heterocycles. The van der Waals surface area contributed by atoms with Crippen LogP contribution in [0.3, 0.4) is 0 Å². The fourth-order valence-electron chi connectivity index (χ4n) is 2.32. The number of ether oxygens (including phenoxy) is 1. The lowest BCUT2D eigenvalue weighted by Crippen LogP contribution is -2.08. The van der Waals surface area contributed by atoms with Crippen LogP contribution >= 0.6 is 0 Å². The molecule has 2 nitrogen and oxygen atoms in total. The van der Waals surface area contributed by atoms with Crippen LogP contribution < -0.4 is 4.74 Å². The monoisotopic (exact) mass is 347 g/mol. The van der Waals surface area contributed by atoms with Gasteiger partial charge in [-0.25, -0.2) is 0 Å². The molecule has 3 heteroatoms. The molecule has 0 radical (unpaired) electrons. The number of hydrogen-bond donors (Lipinski definition) is 0. The van der Waals surface area contributed by atoms with Crippen molar-refractivity contribution in [3.63, 3.8) is 0 Å². The topological polar surface area (TPSA) is 26.3 Å². The van der Waals surface area contributed by atoms with E-state index < -0.39 is 9.93 Å². The van der Waals surface area contributed by atoms with Gasteiger partial charge in [0.05, 0.1) is 0 Å². The first kappa shape index (κ1) is 17.0. The summed E-state index contributed by atoms with van der Waals surface area (Å²) in [6.45, 7) is 0. The molecule has 0 heterocycles. The molecule has 0 saturated carbocycles. The highest BCUT2D eigenvalue weighted by Crippen LogP contribution is 2.22. The van der Waals surface area contributed by atoms with E-state index in [1.54, 1.807) is 6.26 Å². The van der Waals surface area contributed by atoms with Crippen LogP contribution in [-0.4, -0.2) is 6.26 Å². The second-order valence-corrected chi connectivity index (χ2v) is 8.30. The molecule has 1 unspecified atom stereocenters. The normalized spacial score (nSPS) is 12.5. The zero-order valence-corrected chi connectivity index (χ0v) is 14.8. The second-order valence-electron chi connectivity index (χ2n) is 5.80. The molecule has 3 aromatic rings. The average molecular weight is 347 g/mol. The van der Waals surface area contributed by atoms with Gasteiger partial charge >= 0.3 is 0 Å². The first-order valence-corrected chi connectivity index (χ1v) is 10.1. The minimum Gasteiger partial charge on any atom is -0.457 e. The molecule has 0 amide bonds. The maximum absolute atomic E-state index is 12.7. The average Bonchev–Trinajstić information content (AvgIpc) is 2.63. The smallest absolute Gasteiger partial charge is 0.162 e. The maximum atomic E-state index is 12.7. The predicted molar refractivity (Wildman–Crippen MR) is 104 cm³/mol. The van der Waals surface area contributed by atoms with Gasteiger partial charge in [0.2, 0.25) is 0 Å². The summed E-state index contributed by atoms with van der Waals surface area (Å²) >= 11 is 0. The summed E-state index contributed by atoms with van der Waals surface area (Å²) in [4.78, 5) is 0. The van der Waals surface area contributed by atoms with Crippen molar-refractivity contribution in [3.8, 4) is 22.7 Å². The number of benzene rings is 3. The van der Waals surface area contributed by atoms with E-state index in [0.29, 0.717) is 5.75 Å². The Bertz CT molecular complexity index is 921. The van der Waals surface area contributed by atoms with Gasteiger partial charge < -0.3 is 4.74 Å². The van der Waals surface area contributed by atoms with E-state index in [1.807, 2.05) is 84.9 Å². The maximum Gasteiger partial charge on any atom is 0.162 e. The van der Waals surface area contributed by atoms with Gasteiger partial charge in [0, 0.05) is 11.1 Å². The van der Waals surface area contributed by atoms with E-state index in [9.17, 15) is 4.21 Å². The van der Waals surface area contributed by atoms with Crippen LogP contribution in [0, 0.1) is 11.2 Å². The van der Waals surface area contributed by atoms with Crippen molar-refractivity contribution in [2.75, 3.05) is 6.26 Å². The minimum absolute atomic E-state index is 0.429. The molecule has 1 atom stereocenters. The summed E-state index contributed by atoms with van der Waals surface area (Å²) in [6.07, 6.45) is 1.71. The van der Waals surface area contributed by atoms with Crippen molar-refractivity contribution < 1.29 is 8.95 Å². The molecule has 25 heavy (non-hydrogen) atoms. The fraction of sp³-hybridized carbons (Fsp3) is 0.0909. The molecule has 124 valence electrons. The first-order chi connectivity index (χ1) is 12.1. The molecule has 0 spiro atoms. The molecule has 3 aromatic carbocycles. The fourth-order valence-corrected chi connectivity index (χ4v) is 3.56. The van der Waals surface area contributed by atoms with Gasteiger partial charge in [0.25, 0.3) is 0 Å². The Balaban J connectivity index is 1.66. The van der Waals surface area contributed by atoms with Gasteiger partial charge in [-0.2, -0.15) is 0 Å². The SMILES string of the molecule is C[S+](=O)(C#Cc1ccccc1)Cc1ccc(Oc2ccccc2)cc1. The van der Waals surface area contributed by atoms with Gasteiger partial charge in [-0.05, 0) is 42.3 Å². The Kier molecular flexibility index (Phi) is 5.33. The Hall–Kier alpha value is -2.83. The molecule has 0 aliphatic carbocycles. The molecule has 0 aliphatic rings. The summed E-state index contributed by atoms with van der Waals surface area (Å²) in [5.41, 5.74) is 1.86. The lowest BCUT2D eigenvalue weighted by molar-refractivity contribution is 0.482. The molecule has 0 fully saturated rings. The molecular weight excluding hydrogens is 328 g/mol. The molecule has 0 N–H and O–H groups in total. The van der Waals surface area contributed by atoms with E-state index in [1.165, 1.54) is 0 Å². The van der Waals surface area contributed by atoms with Crippen molar-refractivity contribution in [3.05, 3.63) is 96.1 Å². The Morgan fingerprint density at radius 3 is 2.00 bits per heavy atom. The van der Waals surface area contributed by atoms with Crippen molar-refractivity contribution in [1.82, 2.24) is 0 Å². The standard InChI is InChI=1S/C22H19O2S/c1-25(23,17-16-19-8-4-2-5-9-19)18-20-12-14-22(15-13-20)24-21-10-6-3-7-11-21/h2-15H,18H2,1H3/q+1. The largest absolute Gasteiger partial charge is 0.457 e. The molecule has 0 aromatic heterocycles. The second kappa shape index (κ2) is 7.83. The number of hydrogen-bond acceptors (Lipinski definition) is 2. The molecule has 3 rings (SSSR count). The van der Waals surface area contributed by atoms with Crippen LogP contribution in [0.2, 0.25) is 0 Å². The summed E-state index contributed by atoms with van der Waals surface area (Å²) in [7, 11) is -2.26. The quantitative estimate of drug-likeness (QED) is 0.484. The van der Waals surface area contributed by atoms with Crippen LogP contribution in [0.25, 0.3) is 0 Å². The highest BCUT2D eigenvalue weighted by molar-refractivity contribution is 8.05. The van der Waals surface area contributed by atoms with Crippen LogP contribution in [0.4, 0.5) is 0 Å². The zero-order valence-electron chi connectivity index (χ0n) is 14.0. The zero-order chi connectivity index (χ0) is 17.5. The highest BCUT2D eigenvalue weighted by Gasteiger charge is 2.19. The first-order valence-electron chi connectivity index (χ1n) is 7.97. The van der Waals surface area contributed by atoms with Gasteiger partial charge in [-0.1, -0.05) is 52.7 Å². The van der Waals surface area contributed by atoms with Crippen molar-refractivity contribution >= 4 is 9.93 Å². The Morgan fingerprint density at radius 2 is 1.36 bits per heavy atom. The molecule has 0 aliphatic heterocycles. The van der Waals surface area contributed by atoms with Crippen molar-refractivity contribution in [2.45, 2.75) is 5.75 Å². The summed E-state index contributed by atoms with van der Waals surface area (Å²) in [5.74, 6) is 4.98. The number of para-hydroxylation sites is 1. The van der Waals surface area contributed by atoms with Gasteiger partial charge in [-0.15, -0.1) is 0 Å². The van der Waals surface area contributed by atoms with E-state index in [4.69, 9.17) is 4.74 Å². The Labute approximate surface area is 149 Å². The summed E-state index contributed by atoms with van der Waals surface area (Å²) in [5, 5.41) is 2.92. The third-order valence-electron chi connectivity index (χ3n) is 3.53. The van der Waals surface area contributed by atoms with E-state index in [-0.39, 0.29) is 0 Å². The van der Waals surface area contributed by atoms with Gasteiger partial charge in [0.15, 0.2) is 15.2 Å². The van der Waals surface area contributed by atoms with E-state index >= 15 is 0 Å². The molecular formula is C22H19O2S+. The van der Waals surface area contributed by atoms with Gasteiger partial charge in [-0.3, -0.25) is 0 Å².